The quantitative estimate of drug-likeness (QED) is 0.675. The molecule has 20 heavy (non-hydrogen) atoms. The zero-order chi connectivity index (χ0) is 14.7. The molecule has 0 aliphatic rings. The lowest BCUT2D eigenvalue weighted by molar-refractivity contribution is 0.0752. The molecule has 1 aromatic carbocycles. The van der Waals surface area contributed by atoms with Crippen LogP contribution >= 0.6 is 43.2 Å². The summed E-state index contributed by atoms with van der Waals surface area (Å²) < 4.78 is 14.9. The zero-order valence-electron chi connectivity index (χ0n) is 10.7. The Kier molecular flexibility index (Phi) is 5.35. The van der Waals surface area contributed by atoms with E-state index in [1.807, 2.05) is 13.0 Å². The topological polar surface area (TPSA) is 20.3 Å². The molecule has 0 radical (unpaired) electrons. The summed E-state index contributed by atoms with van der Waals surface area (Å²) in [5.74, 6) is -0.351. The Morgan fingerprint density at radius 1 is 1.35 bits per heavy atom. The Labute approximate surface area is 137 Å². The fourth-order valence-electron chi connectivity index (χ4n) is 1.84. The highest BCUT2D eigenvalue weighted by molar-refractivity contribution is 9.12. The molecule has 0 atom stereocenters. The molecule has 6 heteroatoms. The van der Waals surface area contributed by atoms with Gasteiger partial charge in [-0.1, -0.05) is 12.1 Å². The molecule has 0 saturated heterocycles. The highest BCUT2D eigenvalue weighted by atomic mass is 79.9. The third-order valence-corrected chi connectivity index (χ3v) is 5.16. The lowest BCUT2D eigenvalue weighted by Crippen LogP contribution is -2.30. The maximum Gasteiger partial charge on any atom is 0.256 e. The summed E-state index contributed by atoms with van der Waals surface area (Å²) in [4.78, 5) is 14.2. The minimum Gasteiger partial charge on any atom is -0.335 e. The van der Waals surface area contributed by atoms with Gasteiger partial charge in [0.15, 0.2) is 0 Å². The number of thiophene rings is 1. The molecule has 2 nitrogen and oxygen atoms in total. The van der Waals surface area contributed by atoms with E-state index < -0.39 is 0 Å². The number of halogens is 3. The first-order chi connectivity index (χ1) is 9.51. The van der Waals surface area contributed by atoms with Crippen molar-refractivity contribution in [2.45, 2.75) is 13.5 Å². The molecule has 0 bridgehead atoms. The fourth-order valence-corrected chi connectivity index (χ4v) is 4.62. The highest BCUT2D eigenvalue weighted by Crippen LogP contribution is 2.32. The van der Waals surface area contributed by atoms with Gasteiger partial charge in [-0.2, -0.15) is 0 Å². The number of hydrogen-bond donors (Lipinski definition) is 0. The average Bonchev–Trinajstić information content (AvgIpc) is 2.74. The minimum atomic E-state index is -0.287. The van der Waals surface area contributed by atoms with Crippen LogP contribution in [0.15, 0.2) is 37.9 Å². The molecule has 0 saturated carbocycles. The summed E-state index contributed by atoms with van der Waals surface area (Å²) in [6.45, 7) is 2.87. The highest BCUT2D eigenvalue weighted by Gasteiger charge is 2.19. The van der Waals surface area contributed by atoms with E-state index in [-0.39, 0.29) is 11.7 Å². The SMILES string of the molecule is CCN(Cc1cccc(F)c1)C(=O)c1cc(Br)sc1Br. The first-order valence-corrected chi connectivity index (χ1v) is 8.40. The molecule has 2 rings (SSSR count). The predicted molar refractivity (Wildman–Crippen MR) is 86.5 cm³/mol. The second kappa shape index (κ2) is 6.83. The number of hydrogen-bond acceptors (Lipinski definition) is 2. The van der Waals surface area contributed by atoms with Crippen LogP contribution in [-0.2, 0) is 6.54 Å². The summed E-state index contributed by atoms with van der Waals surface area (Å²) >= 11 is 8.22. The van der Waals surface area contributed by atoms with E-state index in [1.54, 1.807) is 17.0 Å². The largest absolute Gasteiger partial charge is 0.335 e. The fraction of sp³-hybridized carbons (Fsp3) is 0.214. The van der Waals surface area contributed by atoms with Crippen molar-refractivity contribution in [3.05, 3.63) is 54.8 Å². The van der Waals surface area contributed by atoms with E-state index in [0.29, 0.717) is 18.7 Å². The Hall–Kier alpha value is -0.720. The van der Waals surface area contributed by atoms with Crippen LogP contribution in [0.3, 0.4) is 0 Å². The third-order valence-electron chi connectivity index (χ3n) is 2.82. The van der Waals surface area contributed by atoms with Gasteiger partial charge in [-0.25, -0.2) is 4.39 Å². The molecule has 1 amide bonds. The van der Waals surface area contributed by atoms with E-state index in [0.717, 1.165) is 13.1 Å². The minimum absolute atomic E-state index is 0.0643. The van der Waals surface area contributed by atoms with Gasteiger partial charge in [0.05, 0.1) is 13.1 Å². The van der Waals surface area contributed by atoms with Gasteiger partial charge in [0.1, 0.15) is 5.82 Å². The van der Waals surface area contributed by atoms with Crippen molar-refractivity contribution in [2.24, 2.45) is 0 Å². The molecule has 0 aliphatic carbocycles. The molecule has 1 aromatic heterocycles. The lowest BCUT2D eigenvalue weighted by Gasteiger charge is -2.20. The Morgan fingerprint density at radius 3 is 2.65 bits per heavy atom. The van der Waals surface area contributed by atoms with E-state index in [1.165, 1.54) is 23.5 Å². The van der Waals surface area contributed by atoms with E-state index in [2.05, 4.69) is 31.9 Å². The van der Waals surface area contributed by atoms with E-state index in [9.17, 15) is 9.18 Å². The number of amides is 1. The van der Waals surface area contributed by atoms with Crippen LogP contribution in [0.2, 0.25) is 0 Å². The second-order valence-electron chi connectivity index (χ2n) is 4.19. The van der Waals surface area contributed by atoms with Crippen LogP contribution in [0.5, 0.6) is 0 Å². The summed E-state index contributed by atoms with van der Waals surface area (Å²) in [7, 11) is 0. The van der Waals surface area contributed by atoms with E-state index in [4.69, 9.17) is 0 Å². The van der Waals surface area contributed by atoms with Gasteiger partial charge in [-0.15, -0.1) is 11.3 Å². The standard InChI is InChI=1S/C14H12Br2FNOS/c1-2-18(8-9-4-3-5-10(17)6-9)14(19)11-7-12(15)20-13(11)16/h3-7H,2,8H2,1H3. The second-order valence-corrected chi connectivity index (χ2v) is 7.94. The van der Waals surface area contributed by atoms with Gasteiger partial charge < -0.3 is 4.90 Å². The summed E-state index contributed by atoms with van der Waals surface area (Å²) in [6, 6.07) is 8.12. The van der Waals surface area contributed by atoms with Crippen molar-refractivity contribution in [3.63, 3.8) is 0 Å². The lowest BCUT2D eigenvalue weighted by atomic mass is 10.2. The zero-order valence-corrected chi connectivity index (χ0v) is 14.7. The maximum atomic E-state index is 13.2. The van der Waals surface area contributed by atoms with Gasteiger partial charge in [-0.3, -0.25) is 4.79 Å². The van der Waals surface area contributed by atoms with Gasteiger partial charge in [-0.05, 0) is 62.5 Å². The Balaban J connectivity index is 2.20. The number of carbonyl (C=O) groups excluding carboxylic acids is 1. The first-order valence-electron chi connectivity index (χ1n) is 5.99. The first kappa shape index (κ1) is 15.7. The van der Waals surface area contributed by atoms with Crippen LogP contribution in [0.25, 0.3) is 0 Å². The monoisotopic (exact) mass is 419 g/mol. The van der Waals surface area contributed by atoms with Crippen LogP contribution in [0.4, 0.5) is 4.39 Å². The molecule has 1 heterocycles. The molecule has 0 spiro atoms. The van der Waals surface area contributed by atoms with Crippen molar-refractivity contribution < 1.29 is 9.18 Å². The number of rotatable bonds is 4. The summed E-state index contributed by atoms with van der Waals surface area (Å²) in [5, 5.41) is 0. The van der Waals surface area contributed by atoms with Crippen molar-refractivity contribution in [1.29, 1.82) is 0 Å². The normalized spacial score (nSPS) is 10.6. The van der Waals surface area contributed by atoms with Crippen LogP contribution in [0.1, 0.15) is 22.8 Å². The maximum absolute atomic E-state index is 13.2. The van der Waals surface area contributed by atoms with Crippen LogP contribution in [-0.4, -0.2) is 17.4 Å². The smallest absolute Gasteiger partial charge is 0.256 e. The van der Waals surface area contributed by atoms with E-state index >= 15 is 0 Å². The van der Waals surface area contributed by atoms with Gasteiger partial charge in [0, 0.05) is 13.1 Å². The molecule has 0 unspecified atom stereocenters. The molecule has 0 aliphatic heterocycles. The molecular weight excluding hydrogens is 409 g/mol. The molecule has 2 aromatic rings. The molecular formula is C14H12Br2FNOS. The summed E-state index contributed by atoms with van der Waals surface area (Å²) in [5.41, 5.74) is 1.41. The van der Waals surface area contributed by atoms with Gasteiger partial charge >= 0.3 is 0 Å². The Morgan fingerprint density at radius 2 is 2.10 bits per heavy atom. The summed E-state index contributed by atoms with van der Waals surface area (Å²) in [6.07, 6.45) is 0. The average molecular weight is 421 g/mol. The van der Waals surface area contributed by atoms with Crippen molar-refractivity contribution in [3.8, 4) is 0 Å². The number of benzene rings is 1. The van der Waals surface area contributed by atoms with Gasteiger partial charge in [0.25, 0.3) is 5.91 Å². The predicted octanol–water partition coefficient (Wildman–Crippen LogP) is 5.07. The van der Waals surface area contributed by atoms with Crippen LogP contribution < -0.4 is 0 Å². The Bertz CT molecular complexity index is 629. The van der Waals surface area contributed by atoms with Crippen LogP contribution in [0, 0.1) is 5.82 Å². The number of carbonyl (C=O) groups is 1. The molecule has 106 valence electrons. The van der Waals surface area contributed by atoms with Crippen molar-refractivity contribution in [1.82, 2.24) is 4.90 Å². The van der Waals surface area contributed by atoms with Crippen molar-refractivity contribution in [2.75, 3.05) is 6.54 Å². The molecule has 0 fully saturated rings. The van der Waals surface area contributed by atoms with Crippen molar-refractivity contribution >= 4 is 49.1 Å². The van der Waals surface area contributed by atoms with Gasteiger partial charge in [0.2, 0.25) is 0 Å². The number of nitrogens with zero attached hydrogens (tertiary/aromatic N) is 1. The third kappa shape index (κ3) is 3.68. The molecule has 0 N–H and O–H groups in total.